The lowest BCUT2D eigenvalue weighted by atomic mass is 9.85. The van der Waals surface area contributed by atoms with Crippen LogP contribution in [-0.2, 0) is 16.1 Å². The summed E-state index contributed by atoms with van der Waals surface area (Å²) in [5.41, 5.74) is 1.92. The number of hydrogen-bond donors (Lipinski definition) is 3. The number of aliphatic imine (C=N–C) groups is 1. The van der Waals surface area contributed by atoms with E-state index in [2.05, 4.69) is 41.7 Å². The highest BCUT2D eigenvalue weighted by atomic mass is 16.5. The molecule has 0 aromatic heterocycles. The van der Waals surface area contributed by atoms with Crippen molar-refractivity contribution in [1.82, 2.24) is 10.6 Å². The molecule has 0 heterocycles. The zero-order valence-corrected chi connectivity index (χ0v) is 17.6. The Morgan fingerprint density at radius 3 is 2.79 bits per heavy atom. The molecule has 0 aliphatic heterocycles. The van der Waals surface area contributed by atoms with Crippen molar-refractivity contribution in [2.45, 2.75) is 53.0 Å². The van der Waals surface area contributed by atoms with Gasteiger partial charge in [0.05, 0.1) is 6.54 Å². The van der Waals surface area contributed by atoms with E-state index < -0.39 is 0 Å². The second-order valence-electron chi connectivity index (χ2n) is 7.76. The van der Waals surface area contributed by atoms with Crippen molar-refractivity contribution in [3.8, 4) is 0 Å². The number of carbonyl (C=O) groups is 1. The first kappa shape index (κ1) is 22.2. The van der Waals surface area contributed by atoms with Crippen molar-refractivity contribution in [2.75, 3.05) is 31.6 Å². The number of rotatable bonds is 11. The molecule has 156 valence electrons. The molecular formula is C22H36N4O2. The molecule has 2 rings (SSSR count). The van der Waals surface area contributed by atoms with Crippen LogP contribution < -0.4 is 16.0 Å². The molecule has 0 saturated heterocycles. The van der Waals surface area contributed by atoms with Crippen molar-refractivity contribution >= 4 is 17.6 Å². The van der Waals surface area contributed by atoms with Gasteiger partial charge in [-0.15, -0.1) is 0 Å². The fourth-order valence-electron chi connectivity index (χ4n) is 2.87. The van der Waals surface area contributed by atoms with Crippen LogP contribution in [0.3, 0.4) is 0 Å². The SMILES string of the molecule is CCNC(=NCc1cccc(NC(=O)C2CCC2)c1)NCCCOCC(C)C. The molecule has 6 heteroatoms. The van der Waals surface area contributed by atoms with Gasteiger partial charge in [0.15, 0.2) is 5.96 Å². The first-order chi connectivity index (χ1) is 13.6. The predicted molar refractivity (Wildman–Crippen MR) is 116 cm³/mol. The molecule has 1 aromatic carbocycles. The van der Waals surface area contributed by atoms with Crippen LogP contribution in [-0.4, -0.2) is 38.2 Å². The lowest BCUT2D eigenvalue weighted by molar-refractivity contribution is -0.122. The Bertz CT molecular complexity index is 627. The number of ether oxygens (including phenoxy) is 1. The maximum atomic E-state index is 12.1. The van der Waals surface area contributed by atoms with E-state index in [1.54, 1.807) is 0 Å². The van der Waals surface area contributed by atoms with E-state index in [1.807, 2.05) is 24.3 Å². The first-order valence-corrected chi connectivity index (χ1v) is 10.6. The molecular weight excluding hydrogens is 352 g/mol. The van der Waals surface area contributed by atoms with E-state index >= 15 is 0 Å². The Hall–Kier alpha value is -2.08. The highest BCUT2D eigenvalue weighted by Crippen LogP contribution is 2.27. The number of anilines is 1. The molecule has 1 aliphatic carbocycles. The molecule has 0 bridgehead atoms. The molecule has 0 spiro atoms. The van der Waals surface area contributed by atoms with Crippen molar-refractivity contribution in [2.24, 2.45) is 16.8 Å². The fourth-order valence-corrected chi connectivity index (χ4v) is 2.87. The number of nitrogens with zero attached hydrogens (tertiary/aromatic N) is 1. The number of hydrogen-bond acceptors (Lipinski definition) is 3. The molecule has 1 aromatic rings. The van der Waals surface area contributed by atoms with Gasteiger partial charge in [0.25, 0.3) is 0 Å². The molecule has 1 saturated carbocycles. The van der Waals surface area contributed by atoms with Crippen LogP contribution in [0, 0.1) is 11.8 Å². The lowest BCUT2D eigenvalue weighted by Gasteiger charge is -2.24. The topological polar surface area (TPSA) is 74.8 Å². The number of nitrogens with one attached hydrogen (secondary N) is 3. The average molecular weight is 389 g/mol. The van der Waals surface area contributed by atoms with Gasteiger partial charge in [-0.1, -0.05) is 32.4 Å². The minimum atomic E-state index is 0.140. The third-order valence-corrected chi connectivity index (χ3v) is 4.64. The van der Waals surface area contributed by atoms with Gasteiger partial charge < -0.3 is 20.7 Å². The van der Waals surface area contributed by atoms with Gasteiger partial charge in [-0.05, 0) is 49.8 Å². The van der Waals surface area contributed by atoms with Crippen LogP contribution in [0.15, 0.2) is 29.3 Å². The molecule has 0 radical (unpaired) electrons. The third kappa shape index (κ3) is 8.30. The van der Waals surface area contributed by atoms with Gasteiger partial charge in [0, 0.05) is 37.9 Å². The third-order valence-electron chi connectivity index (χ3n) is 4.64. The summed E-state index contributed by atoms with van der Waals surface area (Å²) in [7, 11) is 0. The Labute approximate surface area is 169 Å². The second kappa shape index (κ2) is 12.4. The number of benzene rings is 1. The minimum Gasteiger partial charge on any atom is -0.381 e. The van der Waals surface area contributed by atoms with E-state index in [1.165, 1.54) is 0 Å². The van der Waals surface area contributed by atoms with Crippen molar-refractivity contribution in [1.29, 1.82) is 0 Å². The number of guanidine groups is 1. The normalized spacial score (nSPS) is 14.6. The molecule has 6 nitrogen and oxygen atoms in total. The van der Waals surface area contributed by atoms with Crippen molar-refractivity contribution in [3.63, 3.8) is 0 Å². The smallest absolute Gasteiger partial charge is 0.227 e. The maximum Gasteiger partial charge on any atom is 0.227 e. The van der Waals surface area contributed by atoms with E-state index in [-0.39, 0.29) is 11.8 Å². The molecule has 28 heavy (non-hydrogen) atoms. The largest absolute Gasteiger partial charge is 0.381 e. The van der Waals surface area contributed by atoms with Crippen LogP contribution >= 0.6 is 0 Å². The summed E-state index contributed by atoms with van der Waals surface area (Å²) in [5.74, 6) is 1.70. The van der Waals surface area contributed by atoms with Crippen LogP contribution in [0.5, 0.6) is 0 Å². The van der Waals surface area contributed by atoms with Gasteiger partial charge in [-0.25, -0.2) is 4.99 Å². The Morgan fingerprint density at radius 1 is 1.29 bits per heavy atom. The summed E-state index contributed by atoms with van der Waals surface area (Å²) in [5, 5.41) is 9.64. The van der Waals surface area contributed by atoms with E-state index in [0.29, 0.717) is 12.5 Å². The molecule has 1 fully saturated rings. The van der Waals surface area contributed by atoms with Crippen molar-refractivity contribution in [3.05, 3.63) is 29.8 Å². The second-order valence-corrected chi connectivity index (χ2v) is 7.76. The lowest BCUT2D eigenvalue weighted by Crippen LogP contribution is -2.38. The molecule has 1 amide bonds. The summed E-state index contributed by atoms with van der Waals surface area (Å²) in [6, 6.07) is 7.94. The van der Waals surface area contributed by atoms with Crippen molar-refractivity contribution < 1.29 is 9.53 Å². The monoisotopic (exact) mass is 388 g/mol. The first-order valence-electron chi connectivity index (χ1n) is 10.6. The van der Waals surface area contributed by atoms with Gasteiger partial charge in [-0.2, -0.15) is 0 Å². The molecule has 0 atom stereocenters. The Kier molecular flexibility index (Phi) is 9.83. The summed E-state index contributed by atoms with van der Waals surface area (Å²) < 4.78 is 5.61. The fraction of sp³-hybridized carbons (Fsp3) is 0.636. The Morgan fingerprint density at radius 2 is 2.11 bits per heavy atom. The van der Waals surface area contributed by atoms with Crippen LogP contribution in [0.1, 0.15) is 52.0 Å². The zero-order valence-electron chi connectivity index (χ0n) is 17.6. The predicted octanol–water partition coefficient (Wildman–Crippen LogP) is 3.54. The van der Waals surface area contributed by atoms with E-state index in [4.69, 9.17) is 4.74 Å². The van der Waals surface area contributed by atoms with E-state index in [9.17, 15) is 4.79 Å². The molecule has 0 unspecified atom stereocenters. The van der Waals surface area contributed by atoms with Crippen LogP contribution in [0.4, 0.5) is 5.69 Å². The highest BCUT2D eigenvalue weighted by Gasteiger charge is 2.25. The standard InChI is InChI=1S/C22H36N4O2/c1-4-23-22(24-12-7-13-28-16-17(2)3)25-15-18-8-5-11-20(14-18)26-21(27)19-9-6-10-19/h5,8,11,14,17,19H,4,6-7,9-10,12-13,15-16H2,1-3H3,(H,26,27)(H2,23,24,25). The van der Waals surface area contributed by atoms with Gasteiger partial charge >= 0.3 is 0 Å². The quantitative estimate of drug-likeness (QED) is 0.308. The number of carbonyl (C=O) groups excluding carboxylic acids is 1. The van der Waals surface area contributed by atoms with Gasteiger partial charge in [0.2, 0.25) is 5.91 Å². The van der Waals surface area contributed by atoms with Gasteiger partial charge in [0.1, 0.15) is 0 Å². The average Bonchev–Trinajstić information content (AvgIpc) is 2.61. The zero-order chi connectivity index (χ0) is 20.2. The summed E-state index contributed by atoms with van der Waals surface area (Å²) in [4.78, 5) is 16.8. The summed E-state index contributed by atoms with van der Waals surface area (Å²) >= 11 is 0. The molecule has 1 aliphatic rings. The summed E-state index contributed by atoms with van der Waals surface area (Å²) in [6.45, 7) is 10.1. The number of amides is 1. The molecule has 3 N–H and O–H groups in total. The summed E-state index contributed by atoms with van der Waals surface area (Å²) in [6.07, 6.45) is 4.13. The highest BCUT2D eigenvalue weighted by molar-refractivity contribution is 5.93. The van der Waals surface area contributed by atoms with Gasteiger partial charge in [-0.3, -0.25) is 4.79 Å². The van der Waals surface area contributed by atoms with Crippen LogP contribution in [0.25, 0.3) is 0 Å². The van der Waals surface area contributed by atoms with E-state index in [0.717, 1.165) is 69.2 Å². The van der Waals surface area contributed by atoms with Crippen LogP contribution in [0.2, 0.25) is 0 Å². The maximum absolute atomic E-state index is 12.1. The Balaban J connectivity index is 1.79. The minimum absolute atomic E-state index is 0.140.